The highest BCUT2D eigenvalue weighted by atomic mass is 16.6. The molecule has 1 aliphatic rings. The molecule has 1 aliphatic heterocycles. The number of nitro groups is 1. The van der Waals surface area contributed by atoms with E-state index in [9.17, 15) is 24.5 Å². The molecule has 2 N–H and O–H groups in total. The fourth-order valence-electron chi connectivity index (χ4n) is 2.98. The molecule has 10 heteroatoms. The van der Waals surface area contributed by atoms with E-state index in [1.54, 1.807) is 24.3 Å². The maximum Gasteiger partial charge on any atom is 0.325 e. The lowest BCUT2D eigenvalue weighted by molar-refractivity contribution is -0.385. The number of nitriles is 1. The highest BCUT2D eigenvalue weighted by molar-refractivity contribution is 6.03. The molecule has 0 spiro atoms. The molecule has 0 unspecified atom stereocenters. The van der Waals surface area contributed by atoms with Crippen molar-refractivity contribution in [1.82, 2.24) is 10.2 Å². The van der Waals surface area contributed by atoms with Crippen LogP contribution in [0, 0.1) is 21.4 Å². The number of nitrogens with one attached hydrogen (secondary N) is 2. The third-order valence-electron chi connectivity index (χ3n) is 4.31. The van der Waals surface area contributed by atoms with Gasteiger partial charge in [-0.05, 0) is 18.2 Å². The van der Waals surface area contributed by atoms with Crippen LogP contribution in [0.15, 0.2) is 48.5 Å². The zero-order valence-corrected chi connectivity index (χ0v) is 15.0. The molecule has 2 aromatic rings. The van der Waals surface area contributed by atoms with Gasteiger partial charge >= 0.3 is 6.03 Å². The van der Waals surface area contributed by atoms with Crippen molar-refractivity contribution >= 4 is 29.2 Å². The Balaban J connectivity index is 1.69. The fraction of sp³-hybridized carbons (Fsp3) is 0.158. The van der Waals surface area contributed by atoms with Crippen molar-refractivity contribution in [3.63, 3.8) is 0 Å². The second-order valence-corrected chi connectivity index (χ2v) is 6.24. The number of amides is 4. The number of hydrogen-bond acceptors (Lipinski definition) is 6. The molecule has 0 radical (unpaired) electrons. The maximum atomic E-state index is 12.4. The van der Waals surface area contributed by atoms with Crippen molar-refractivity contribution in [2.75, 3.05) is 11.9 Å². The van der Waals surface area contributed by atoms with Crippen LogP contribution in [-0.4, -0.2) is 34.2 Å². The Morgan fingerprint density at radius 1 is 1.28 bits per heavy atom. The van der Waals surface area contributed by atoms with Crippen molar-refractivity contribution < 1.29 is 19.3 Å². The lowest BCUT2D eigenvalue weighted by Crippen LogP contribution is -2.53. The Labute approximate surface area is 164 Å². The van der Waals surface area contributed by atoms with Gasteiger partial charge in [-0.2, -0.15) is 5.26 Å². The Morgan fingerprint density at radius 3 is 2.72 bits per heavy atom. The fourth-order valence-corrected chi connectivity index (χ4v) is 2.98. The summed E-state index contributed by atoms with van der Waals surface area (Å²) >= 11 is 0. The summed E-state index contributed by atoms with van der Waals surface area (Å²) in [5.41, 5.74) is 0.726. The SMILES string of the molecule is N#Cc1cccc(NC(=O)CN2C(=O)C[C@H](c3ccccc3[N+](=O)[O-])NC2=O)c1. The van der Waals surface area contributed by atoms with E-state index in [2.05, 4.69) is 10.6 Å². The zero-order chi connectivity index (χ0) is 21.0. The molecule has 0 saturated carbocycles. The van der Waals surface area contributed by atoms with Crippen LogP contribution in [0.4, 0.5) is 16.2 Å². The van der Waals surface area contributed by atoms with Gasteiger partial charge < -0.3 is 10.6 Å². The number of benzene rings is 2. The van der Waals surface area contributed by atoms with Crippen LogP contribution in [0.25, 0.3) is 0 Å². The zero-order valence-electron chi connectivity index (χ0n) is 15.0. The Kier molecular flexibility index (Phi) is 5.50. The van der Waals surface area contributed by atoms with Crippen LogP contribution in [0.3, 0.4) is 0 Å². The largest absolute Gasteiger partial charge is 0.330 e. The van der Waals surface area contributed by atoms with Crippen LogP contribution in [-0.2, 0) is 9.59 Å². The Bertz CT molecular complexity index is 1030. The first-order chi connectivity index (χ1) is 13.9. The molecule has 0 aliphatic carbocycles. The predicted octanol–water partition coefficient (Wildman–Crippen LogP) is 2.09. The quantitative estimate of drug-likeness (QED) is 0.587. The molecule has 3 rings (SSSR count). The molecule has 29 heavy (non-hydrogen) atoms. The first kappa shape index (κ1) is 19.5. The van der Waals surface area contributed by atoms with E-state index < -0.39 is 35.4 Å². The summed E-state index contributed by atoms with van der Waals surface area (Å²) in [6, 6.07) is 12.3. The predicted molar refractivity (Wildman–Crippen MR) is 100 cm³/mol. The van der Waals surface area contributed by atoms with Crippen LogP contribution in [0.5, 0.6) is 0 Å². The van der Waals surface area contributed by atoms with Gasteiger partial charge in [-0.1, -0.05) is 24.3 Å². The number of nitro benzene ring substituents is 1. The van der Waals surface area contributed by atoms with E-state index in [-0.39, 0.29) is 17.7 Å². The van der Waals surface area contributed by atoms with Crippen molar-refractivity contribution in [2.24, 2.45) is 0 Å². The summed E-state index contributed by atoms with van der Waals surface area (Å²) in [6.07, 6.45) is -0.214. The monoisotopic (exact) mass is 393 g/mol. The number of imide groups is 1. The van der Waals surface area contributed by atoms with Crippen molar-refractivity contribution in [3.05, 3.63) is 69.8 Å². The first-order valence-corrected chi connectivity index (χ1v) is 8.53. The summed E-state index contributed by atoms with van der Waals surface area (Å²) in [5, 5.41) is 25.1. The third-order valence-corrected chi connectivity index (χ3v) is 4.31. The molecule has 1 fully saturated rings. The minimum absolute atomic E-state index is 0.200. The molecular weight excluding hydrogens is 378 g/mol. The number of carbonyl (C=O) groups is 3. The number of nitrogens with zero attached hydrogens (tertiary/aromatic N) is 3. The van der Waals surface area contributed by atoms with E-state index in [1.807, 2.05) is 6.07 Å². The third kappa shape index (κ3) is 4.36. The summed E-state index contributed by atoms with van der Waals surface area (Å²) in [5.74, 6) is -1.24. The van der Waals surface area contributed by atoms with Gasteiger partial charge in [0.1, 0.15) is 6.54 Å². The minimum atomic E-state index is -0.858. The number of urea groups is 1. The Morgan fingerprint density at radius 2 is 2.03 bits per heavy atom. The number of hydrogen-bond donors (Lipinski definition) is 2. The molecule has 1 heterocycles. The minimum Gasteiger partial charge on any atom is -0.330 e. The van der Waals surface area contributed by atoms with Gasteiger partial charge in [0.2, 0.25) is 11.8 Å². The standard InChI is InChI=1S/C19H15N5O5/c20-10-12-4-3-5-13(8-12)21-17(25)11-23-18(26)9-15(22-19(23)27)14-6-1-2-7-16(14)24(28)29/h1-8,15H,9,11H2,(H,21,25)(H,22,27)/t15-/m1/s1. The summed E-state index contributed by atoms with van der Waals surface area (Å²) in [4.78, 5) is 48.3. The topological polar surface area (TPSA) is 145 Å². The van der Waals surface area contributed by atoms with E-state index in [4.69, 9.17) is 5.26 Å². The molecular formula is C19H15N5O5. The van der Waals surface area contributed by atoms with E-state index in [1.165, 1.54) is 24.3 Å². The second-order valence-electron chi connectivity index (χ2n) is 6.24. The Hall–Kier alpha value is -4.26. The number of anilines is 1. The highest BCUT2D eigenvalue weighted by Gasteiger charge is 2.36. The van der Waals surface area contributed by atoms with Gasteiger partial charge in [0, 0.05) is 11.8 Å². The van der Waals surface area contributed by atoms with E-state index in [0.29, 0.717) is 11.3 Å². The molecule has 0 aromatic heterocycles. The normalized spacial score (nSPS) is 16.0. The van der Waals surface area contributed by atoms with Crippen molar-refractivity contribution in [2.45, 2.75) is 12.5 Å². The van der Waals surface area contributed by atoms with Crippen molar-refractivity contribution in [3.8, 4) is 6.07 Å². The molecule has 0 bridgehead atoms. The highest BCUT2D eigenvalue weighted by Crippen LogP contribution is 2.29. The van der Waals surface area contributed by atoms with Gasteiger partial charge in [-0.25, -0.2) is 4.79 Å². The van der Waals surface area contributed by atoms with Gasteiger partial charge in [-0.15, -0.1) is 0 Å². The van der Waals surface area contributed by atoms with Crippen LogP contribution in [0.1, 0.15) is 23.6 Å². The summed E-state index contributed by atoms with van der Waals surface area (Å²) in [6.45, 7) is -0.523. The molecule has 1 atom stereocenters. The molecule has 1 saturated heterocycles. The lowest BCUT2D eigenvalue weighted by atomic mass is 9.99. The number of rotatable bonds is 5. The first-order valence-electron chi connectivity index (χ1n) is 8.53. The van der Waals surface area contributed by atoms with Gasteiger partial charge in [0.05, 0.1) is 34.6 Å². The van der Waals surface area contributed by atoms with Crippen LogP contribution >= 0.6 is 0 Å². The summed E-state index contributed by atoms with van der Waals surface area (Å²) < 4.78 is 0. The van der Waals surface area contributed by atoms with Gasteiger partial charge in [0.25, 0.3) is 5.69 Å². The van der Waals surface area contributed by atoms with Crippen molar-refractivity contribution in [1.29, 1.82) is 5.26 Å². The van der Waals surface area contributed by atoms with Crippen LogP contribution in [0.2, 0.25) is 0 Å². The smallest absolute Gasteiger partial charge is 0.325 e. The number of carbonyl (C=O) groups excluding carboxylic acids is 3. The summed E-state index contributed by atoms with van der Waals surface area (Å²) in [7, 11) is 0. The maximum absolute atomic E-state index is 12.4. The van der Waals surface area contributed by atoms with Gasteiger partial charge in [-0.3, -0.25) is 24.6 Å². The molecule has 10 nitrogen and oxygen atoms in total. The van der Waals surface area contributed by atoms with E-state index >= 15 is 0 Å². The molecule has 4 amide bonds. The van der Waals surface area contributed by atoms with E-state index in [0.717, 1.165) is 4.90 Å². The number of para-hydroxylation sites is 1. The lowest BCUT2D eigenvalue weighted by Gasteiger charge is -2.30. The second kappa shape index (κ2) is 8.18. The van der Waals surface area contributed by atoms with Crippen LogP contribution < -0.4 is 10.6 Å². The average molecular weight is 393 g/mol. The molecule has 146 valence electrons. The average Bonchev–Trinajstić information content (AvgIpc) is 2.70. The molecule has 2 aromatic carbocycles. The van der Waals surface area contributed by atoms with Gasteiger partial charge in [0.15, 0.2) is 0 Å².